The monoisotopic (exact) mass is 561 g/mol. The molecule has 2 aromatic carbocycles. The van der Waals surface area contributed by atoms with Crippen LogP contribution in [-0.2, 0) is 14.6 Å². The molecule has 1 fully saturated rings. The summed E-state index contributed by atoms with van der Waals surface area (Å²) in [4.78, 5) is 11.3. The zero-order valence-electron chi connectivity index (χ0n) is 21.4. The molecule has 0 radical (unpaired) electrons. The summed E-state index contributed by atoms with van der Waals surface area (Å²) in [5.74, 6) is 1.80. The highest BCUT2D eigenvalue weighted by Gasteiger charge is 2.19. The molecule has 0 amide bonds. The number of nitrogens with one attached hydrogen (secondary N) is 2. The highest BCUT2D eigenvalue weighted by molar-refractivity contribution is 7.91. The molecule has 1 aliphatic rings. The fraction of sp³-hybridized carbons (Fsp3) is 0.385. The van der Waals surface area contributed by atoms with Gasteiger partial charge in [-0.05, 0) is 30.7 Å². The first-order valence-corrected chi connectivity index (χ1v) is 14.4. The van der Waals surface area contributed by atoms with Gasteiger partial charge in [0.25, 0.3) is 0 Å². The van der Waals surface area contributed by atoms with Crippen LogP contribution in [0.15, 0.2) is 53.6 Å². The average molecular weight is 562 g/mol. The van der Waals surface area contributed by atoms with Crippen LogP contribution in [0.5, 0.6) is 11.5 Å². The van der Waals surface area contributed by atoms with E-state index in [0.717, 1.165) is 32.8 Å². The number of methoxy groups -OCH3 is 1. The summed E-state index contributed by atoms with van der Waals surface area (Å²) in [5, 5.41) is 6.45. The summed E-state index contributed by atoms with van der Waals surface area (Å²) < 4.78 is 42.3. The molecule has 1 aliphatic heterocycles. The van der Waals surface area contributed by atoms with Gasteiger partial charge in [0.05, 0.1) is 48.5 Å². The average Bonchev–Trinajstić information content (AvgIpc) is 2.91. The van der Waals surface area contributed by atoms with E-state index in [4.69, 9.17) is 25.8 Å². The van der Waals surface area contributed by atoms with Crippen molar-refractivity contribution in [3.63, 3.8) is 0 Å². The van der Waals surface area contributed by atoms with Gasteiger partial charge in [0, 0.05) is 25.7 Å². The topological polar surface area (TPSA) is 115 Å². The van der Waals surface area contributed by atoms with Gasteiger partial charge >= 0.3 is 0 Å². The van der Waals surface area contributed by atoms with Crippen LogP contribution in [0.2, 0.25) is 5.02 Å². The summed E-state index contributed by atoms with van der Waals surface area (Å²) >= 11 is 6.36. The van der Waals surface area contributed by atoms with Crippen molar-refractivity contribution < 1.29 is 22.6 Å². The van der Waals surface area contributed by atoms with Gasteiger partial charge in [-0.15, -0.1) is 0 Å². The number of rotatable bonds is 12. The number of morpholine rings is 1. The van der Waals surface area contributed by atoms with Gasteiger partial charge in [0.15, 0.2) is 15.7 Å². The molecule has 3 aromatic rings. The Morgan fingerprint density at radius 1 is 1.11 bits per heavy atom. The van der Waals surface area contributed by atoms with E-state index in [-0.39, 0.29) is 27.4 Å². The molecule has 0 saturated carbocycles. The largest absolute Gasteiger partial charge is 0.495 e. The predicted octanol–water partition coefficient (Wildman–Crippen LogP) is 4.52. The molecule has 2 heterocycles. The quantitative estimate of drug-likeness (QED) is 0.327. The van der Waals surface area contributed by atoms with Crippen molar-refractivity contribution in [1.29, 1.82) is 0 Å². The van der Waals surface area contributed by atoms with Gasteiger partial charge in [-0.25, -0.2) is 13.4 Å². The van der Waals surface area contributed by atoms with Crippen molar-refractivity contribution in [3.8, 4) is 11.5 Å². The van der Waals surface area contributed by atoms with E-state index in [9.17, 15) is 8.42 Å². The lowest BCUT2D eigenvalue weighted by molar-refractivity contribution is 0.0322. The molecule has 38 heavy (non-hydrogen) atoms. The Kier molecular flexibility index (Phi) is 9.62. The fourth-order valence-corrected chi connectivity index (χ4v) is 5.61. The first kappa shape index (κ1) is 27.9. The van der Waals surface area contributed by atoms with E-state index in [0.29, 0.717) is 35.9 Å². The molecule has 1 saturated heterocycles. The second kappa shape index (κ2) is 13.1. The van der Waals surface area contributed by atoms with Crippen molar-refractivity contribution in [1.82, 2.24) is 14.9 Å². The van der Waals surface area contributed by atoms with E-state index >= 15 is 0 Å². The van der Waals surface area contributed by atoms with Crippen LogP contribution in [0, 0.1) is 0 Å². The summed E-state index contributed by atoms with van der Waals surface area (Å²) in [5.41, 5.74) is 0.997. The SMILES string of the molecule is CCCS(=O)(=O)c1ccccc1Nc1nc(Nc2cc(OCCN3CCOCC3)ccc2OC)ncc1Cl. The molecule has 0 aliphatic carbocycles. The van der Waals surface area contributed by atoms with Crippen LogP contribution >= 0.6 is 11.6 Å². The minimum atomic E-state index is -3.47. The maximum atomic E-state index is 12.8. The van der Waals surface area contributed by atoms with Crippen LogP contribution in [0.4, 0.5) is 23.1 Å². The third kappa shape index (κ3) is 7.25. The van der Waals surface area contributed by atoms with Crippen LogP contribution in [0.25, 0.3) is 0 Å². The van der Waals surface area contributed by atoms with E-state index in [2.05, 4.69) is 25.5 Å². The smallest absolute Gasteiger partial charge is 0.229 e. The number of hydrogen-bond acceptors (Lipinski definition) is 10. The fourth-order valence-electron chi connectivity index (χ4n) is 3.97. The minimum Gasteiger partial charge on any atom is -0.495 e. The standard InChI is InChI=1S/C26H32ClN5O5S/c1-3-16-38(33,34)24-7-5-4-6-21(24)29-25-20(27)18-28-26(31-25)30-22-17-19(8-9-23(22)35-2)37-15-12-32-10-13-36-14-11-32/h4-9,17-18H,3,10-16H2,1-2H3,(H2,28,29,30,31). The van der Waals surface area contributed by atoms with E-state index in [1.807, 2.05) is 19.1 Å². The maximum Gasteiger partial charge on any atom is 0.229 e. The second-order valence-electron chi connectivity index (χ2n) is 8.62. The lowest BCUT2D eigenvalue weighted by atomic mass is 10.2. The Morgan fingerprint density at radius 2 is 1.89 bits per heavy atom. The molecule has 0 spiro atoms. The molecule has 12 heteroatoms. The number of sulfone groups is 1. The number of para-hydroxylation sites is 1. The van der Waals surface area contributed by atoms with Crippen molar-refractivity contribution in [3.05, 3.63) is 53.7 Å². The summed E-state index contributed by atoms with van der Waals surface area (Å²) in [6.07, 6.45) is 1.95. The Bertz CT molecular complexity index is 1340. The van der Waals surface area contributed by atoms with Crippen molar-refractivity contribution >= 4 is 44.6 Å². The molecule has 0 bridgehead atoms. The van der Waals surface area contributed by atoms with Gasteiger partial charge in [0.1, 0.15) is 23.1 Å². The molecule has 2 N–H and O–H groups in total. The molecule has 1 aromatic heterocycles. The zero-order valence-corrected chi connectivity index (χ0v) is 23.0. The number of hydrogen-bond donors (Lipinski definition) is 2. The molecule has 4 rings (SSSR count). The molecule has 0 unspecified atom stereocenters. The van der Waals surface area contributed by atoms with Crippen molar-refractivity contribution in [2.75, 3.05) is 63.0 Å². The molecular formula is C26H32ClN5O5S. The predicted molar refractivity (Wildman–Crippen MR) is 148 cm³/mol. The number of benzene rings is 2. The Labute approximate surface area is 228 Å². The lowest BCUT2D eigenvalue weighted by Crippen LogP contribution is -2.38. The van der Waals surface area contributed by atoms with E-state index < -0.39 is 9.84 Å². The zero-order chi connectivity index (χ0) is 27.0. The second-order valence-corrected chi connectivity index (χ2v) is 11.1. The van der Waals surface area contributed by atoms with Crippen LogP contribution < -0.4 is 20.1 Å². The van der Waals surface area contributed by atoms with Gasteiger partial charge in [-0.1, -0.05) is 30.7 Å². The van der Waals surface area contributed by atoms with Gasteiger partial charge < -0.3 is 24.8 Å². The third-order valence-electron chi connectivity index (χ3n) is 5.89. The van der Waals surface area contributed by atoms with Crippen LogP contribution in [-0.4, -0.2) is 75.6 Å². The Hall–Kier alpha value is -3.12. The Morgan fingerprint density at radius 3 is 2.66 bits per heavy atom. The number of ether oxygens (including phenoxy) is 3. The van der Waals surface area contributed by atoms with Gasteiger partial charge in [0.2, 0.25) is 5.95 Å². The summed E-state index contributed by atoms with van der Waals surface area (Å²) in [7, 11) is -1.89. The van der Waals surface area contributed by atoms with Crippen molar-refractivity contribution in [2.45, 2.75) is 18.2 Å². The van der Waals surface area contributed by atoms with Crippen LogP contribution in [0.3, 0.4) is 0 Å². The molecule has 10 nitrogen and oxygen atoms in total. The summed E-state index contributed by atoms with van der Waals surface area (Å²) in [6.45, 7) is 6.46. The first-order chi connectivity index (χ1) is 18.4. The number of anilines is 4. The molecular weight excluding hydrogens is 530 g/mol. The number of halogens is 1. The minimum absolute atomic E-state index is 0.0423. The number of nitrogens with zero attached hydrogens (tertiary/aromatic N) is 3. The summed E-state index contributed by atoms with van der Waals surface area (Å²) in [6, 6.07) is 12.1. The first-order valence-electron chi connectivity index (χ1n) is 12.4. The van der Waals surface area contributed by atoms with Crippen LogP contribution in [0.1, 0.15) is 13.3 Å². The van der Waals surface area contributed by atoms with E-state index in [1.165, 1.54) is 6.20 Å². The molecule has 0 atom stereocenters. The lowest BCUT2D eigenvalue weighted by Gasteiger charge is -2.26. The van der Waals surface area contributed by atoms with Gasteiger partial charge in [-0.2, -0.15) is 4.98 Å². The third-order valence-corrected chi connectivity index (χ3v) is 8.14. The Balaban J connectivity index is 1.50. The maximum absolute atomic E-state index is 12.8. The molecule has 204 valence electrons. The van der Waals surface area contributed by atoms with Gasteiger partial charge in [-0.3, -0.25) is 4.90 Å². The number of aromatic nitrogens is 2. The highest BCUT2D eigenvalue weighted by Crippen LogP contribution is 2.33. The highest BCUT2D eigenvalue weighted by atomic mass is 35.5. The normalized spacial score (nSPS) is 14.2. The van der Waals surface area contributed by atoms with Crippen molar-refractivity contribution in [2.24, 2.45) is 0 Å². The van der Waals surface area contributed by atoms with E-state index in [1.54, 1.807) is 37.4 Å².